The molecule has 34 heavy (non-hydrogen) atoms. The van der Waals surface area contributed by atoms with Crippen LogP contribution in [0, 0.1) is 10.1 Å². The van der Waals surface area contributed by atoms with Crippen LogP contribution in [0.2, 0.25) is 0 Å². The van der Waals surface area contributed by atoms with Gasteiger partial charge < -0.3 is 9.84 Å². The summed E-state index contributed by atoms with van der Waals surface area (Å²) in [5, 5.41) is 31.3. The van der Waals surface area contributed by atoms with Crippen LogP contribution in [0.1, 0.15) is 58.3 Å². The fourth-order valence-corrected chi connectivity index (χ4v) is 4.21. The van der Waals surface area contributed by atoms with Crippen LogP contribution in [0.5, 0.6) is 11.5 Å². The number of hydrogen-bond acceptors (Lipinski definition) is 6. The number of phenolic OH excluding ortho intramolecular Hbond substituents is 1. The maximum atomic E-state index is 11.0. The van der Waals surface area contributed by atoms with Crippen LogP contribution < -0.4 is 4.74 Å². The van der Waals surface area contributed by atoms with Gasteiger partial charge in [-0.2, -0.15) is 0 Å². The highest BCUT2D eigenvalue weighted by atomic mass is 79.9. The van der Waals surface area contributed by atoms with Gasteiger partial charge in [0, 0.05) is 17.5 Å². The Kier molecular flexibility index (Phi) is 9.82. The molecule has 0 heterocycles. The van der Waals surface area contributed by atoms with Gasteiger partial charge in [-0.3, -0.25) is 10.1 Å². The first-order valence-electron chi connectivity index (χ1n) is 11.7. The highest BCUT2D eigenvalue weighted by Gasteiger charge is 2.12. The molecule has 3 aromatic rings. The van der Waals surface area contributed by atoms with Gasteiger partial charge in [0.1, 0.15) is 17.2 Å². The predicted octanol–water partition coefficient (Wildman–Crippen LogP) is 9.15. The summed E-state index contributed by atoms with van der Waals surface area (Å²) in [4.78, 5) is 10.5. The van der Waals surface area contributed by atoms with Gasteiger partial charge in [0.15, 0.2) is 0 Å². The first-order valence-corrected chi connectivity index (χ1v) is 12.5. The van der Waals surface area contributed by atoms with Crippen LogP contribution in [-0.2, 0) is 0 Å². The molecular formula is C26H30BrN3O4. The summed E-state index contributed by atoms with van der Waals surface area (Å²) < 4.78 is 6.55. The fourth-order valence-electron chi connectivity index (χ4n) is 3.76. The van der Waals surface area contributed by atoms with E-state index >= 15 is 0 Å². The maximum absolute atomic E-state index is 11.0. The van der Waals surface area contributed by atoms with Crippen molar-refractivity contribution in [3.8, 4) is 11.5 Å². The third-order valence-electron chi connectivity index (χ3n) is 5.62. The number of benzene rings is 3. The van der Waals surface area contributed by atoms with E-state index in [0.717, 1.165) is 12.8 Å². The summed E-state index contributed by atoms with van der Waals surface area (Å²) >= 11 is 3.31. The molecule has 8 heteroatoms. The Morgan fingerprint density at radius 2 is 1.62 bits per heavy atom. The molecule has 0 amide bonds. The van der Waals surface area contributed by atoms with Gasteiger partial charge in [-0.1, -0.05) is 64.0 Å². The van der Waals surface area contributed by atoms with Gasteiger partial charge in [-0.15, -0.1) is 10.2 Å². The molecule has 0 saturated heterocycles. The average molecular weight is 528 g/mol. The summed E-state index contributed by atoms with van der Waals surface area (Å²) in [5.41, 5.74) is 0.978. The Hall–Kier alpha value is -3.00. The molecule has 0 atom stereocenters. The van der Waals surface area contributed by atoms with Gasteiger partial charge in [-0.05, 0) is 46.6 Å². The van der Waals surface area contributed by atoms with E-state index in [9.17, 15) is 15.2 Å². The highest BCUT2D eigenvalue weighted by molar-refractivity contribution is 9.10. The molecule has 0 saturated carbocycles. The number of nitro groups is 1. The lowest BCUT2D eigenvalue weighted by molar-refractivity contribution is -0.384. The molecule has 1 N–H and O–H groups in total. The fraction of sp³-hybridized carbons (Fsp3) is 0.385. The summed E-state index contributed by atoms with van der Waals surface area (Å²) in [5.74, 6) is 0.788. The van der Waals surface area contributed by atoms with E-state index in [0.29, 0.717) is 39.0 Å². The number of ether oxygens (including phenoxy) is 1. The number of nitro benzene ring substituents is 1. The second kappa shape index (κ2) is 13.0. The molecule has 0 aromatic heterocycles. The Bertz CT molecular complexity index is 1150. The van der Waals surface area contributed by atoms with Gasteiger partial charge in [0.05, 0.1) is 27.1 Å². The first-order chi connectivity index (χ1) is 16.5. The predicted molar refractivity (Wildman–Crippen MR) is 139 cm³/mol. The lowest BCUT2D eigenvalue weighted by Gasteiger charge is -2.12. The van der Waals surface area contributed by atoms with Crippen molar-refractivity contribution in [2.24, 2.45) is 10.2 Å². The standard InChI is InChI=1S/C26H30BrN3O4/c1-2-3-4-5-6-7-8-9-17-34-25-12-10-11-20-24(31)16-15-23(26(20)25)29-28-22-14-13-19(30(32)33)18-21(22)27/h10-16,18,31H,2-9,17H2,1H3/b29-28+. The SMILES string of the molecule is CCCCCCCCCCOc1cccc2c(O)ccc(/N=N/c3ccc([N+](=O)[O-])cc3Br)c12. The summed E-state index contributed by atoms with van der Waals surface area (Å²) in [6.45, 7) is 2.82. The molecule has 0 spiro atoms. The monoisotopic (exact) mass is 527 g/mol. The lowest BCUT2D eigenvalue weighted by atomic mass is 10.1. The van der Waals surface area contributed by atoms with Gasteiger partial charge in [0.2, 0.25) is 0 Å². The highest BCUT2D eigenvalue weighted by Crippen LogP contribution is 2.40. The molecule has 7 nitrogen and oxygen atoms in total. The number of nitrogens with zero attached hydrogens (tertiary/aromatic N) is 3. The largest absolute Gasteiger partial charge is 0.507 e. The minimum absolute atomic E-state index is 0.0300. The first kappa shape index (κ1) is 25.6. The van der Waals surface area contributed by atoms with E-state index in [1.54, 1.807) is 12.1 Å². The topological polar surface area (TPSA) is 97.3 Å². The van der Waals surface area contributed by atoms with E-state index in [2.05, 4.69) is 33.1 Å². The van der Waals surface area contributed by atoms with Crippen molar-refractivity contribution in [2.75, 3.05) is 6.61 Å². The summed E-state index contributed by atoms with van der Waals surface area (Å²) in [7, 11) is 0. The van der Waals surface area contributed by atoms with Crippen LogP contribution in [-0.4, -0.2) is 16.6 Å². The second-order valence-electron chi connectivity index (χ2n) is 8.20. The second-order valence-corrected chi connectivity index (χ2v) is 9.05. The quantitative estimate of drug-likeness (QED) is 0.104. The van der Waals surface area contributed by atoms with Crippen molar-refractivity contribution >= 4 is 43.8 Å². The number of azo groups is 1. The number of hydrogen-bond donors (Lipinski definition) is 1. The molecule has 180 valence electrons. The maximum Gasteiger partial charge on any atom is 0.270 e. The number of unbranched alkanes of at least 4 members (excludes halogenated alkanes) is 7. The molecule has 0 unspecified atom stereocenters. The Morgan fingerprint density at radius 3 is 2.32 bits per heavy atom. The Morgan fingerprint density at radius 1 is 0.941 bits per heavy atom. The van der Waals surface area contributed by atoms with Crippen molar-refractivity contribution in [1.82, 2.24) is 0 Å². The lowest BCUT2D eigenvalue weighted by Crippen LogP contribution is -1.98. The molecule has 0 aliphatic rings. The van der Waals surface area contributed by atoms with Crippen LogP contribution in [0.15, 0.2) is 63.2 Å². The normalized spacial score (nSPS) is 11.4. The zero-order chi connectivity index (χ0) is 24.3. The summed E-state index contributed by atoms with van der Waals surface area (Å²) in [6.07, 6.45) is 9.78. The van der Waals surface area contributed by atoms with E-state index in [-0.39, 0.29) is 11.4 Å². The van der Waals surface area contributed by atoms with E-state index in [1.165, 1.54) is 56.7 Å². The Balaban J connectivity index is 1.72. The third kappa shape index (κ3) is 7.00. The van der Waals surface area contributed by atoms with Crippen molar-refractivity contribution in [3.05, 3.63) is 63.1 Å². The number of halogens is 1. The molecular weight excluding hydrogens is 498 g/mol. The Labute approximate surface area is 208 Å². The number of rotatable bonds is 13. The third-order valence-corrected chi connectivity index (χ3v) is 6.26. The molecule has 3 aromatic carbocycles. The van der Waals surface area contributed by atoms with E-state index in [4.69, 9.17) is 4.74 Å². The average Bonchev–Trinajstić information content (AvgIpc) is 2.83. The smallest absolute Gasteiger partial charge is 0.270 e. The summed E-state index contributed by atoms with van der Waals surface area (Å²) in [6, 6.07) is 13.1. The van der Waals surface area contributed by atoms with Crippen LogP contribution >= 0.6 is 15.9 Å². The molecule has 0 bridgehead atoms. The van der Waals surface area contributed by atoms with Gasteiger partial charge in [-0.25, -0.2) is 0 Å². The van der Waals surface area contributed by atoms with Gasteiger partial charge in [0.25, 0.3) is 5.69 Å². The minimum Gasteiger partial charge on any atom is -0.507 e. The van der Waals surface area contributed by atoms with E-state index < -0.39 is 4.92 Å². The minimum atomic E-state index is -0.463. The van der Waals surface area contributed by atoms with Crippen LogP contribution in [0.25, 0.3) is 10.8 Å². The van der Waals surface area contributed by atoms with Crippen molar-refractivity contribution in [3.63, 3.8) is 0 Å². The molecule has 0 aliphatic carbocycles. The molecule has 0 aliphatic heterocycles. The van der Waals surface area contributed by atoms with Crippen molar-refractivity contribution < 1.29 is 14.8 Å². The van der Waals surface area contributed by atoms with Crippen molar-refractivity contribution in [2.45, 2.75) is 58.3 Å². The number of non-ortho nitro benzene ring substituents is 1. The number of phenols is 1. The molecule has 3 rings (SSSR count). The molecule has 0 radical (unpaired) electrons. The zero-order valence-electron chi connectivity index (χ0n) is 19.4. The van der Waals surface area contributed by atoms with Gasteiger partial charge >= 0.3 is 0 Å². The number of fused-ring (bicyclic) bond motifs is 1. The van der Waals surface area contributed by atoms with Crippen LogP contribution in [0.4, 0.5) is 17.1 Å². The number of aromatic hydroxyl groups is 1. The van der Waals surface area contributed by atoms with Crippen molar-refractivity contribution in [1.29, 1.82) is 0 Å². The zero-order valence-corrected chi connectivity index (χ0v) is 21.0. The van der Waals surface area contributed by atoms with Crippen LogP contribution in [0.3, 0.4) is 0 Å². The molecule has 0 fully saturated rings. The van der Waals surface area contributed by atoms with E-state index in [1.807, 2.05) is 18.2 Å².